The molecule has 0 aliphatic carbocycles. The molecule has 0 saturated carbocycles. The van der Waals surface area contributed by atoms with E-state index in [9.17, 15) is 10.0 Å². The Bertz CT molecular complexity index is 222. The van der Waals surface area contributed by atoms with Gasteiger partial charge in [0.1, 0.15) is 5.60 Å². The van der Waals surface area contributed by atoms with Gasteiger partial charge >= 0.3 is 6.09 Å². The number of aliphatic hydroxyl groups is 1. The van der Waals surface area contributed by atoms with Crippen LogP contribution in [0.2, 0.25) is 0 Å². The SMILES string of the molecule is C=CC[C@H](CO)N(O)C(=O)OC(C)(C)C. The first-order valence-electron chi connectivity index (χ1n) is 4.74. The molecule has 0 bridgehead atoms. The maximum atomic E-state index is 11.3. The van der Waals surface area contributed by atoms with E-state index in [-0.39, 0.29) is 6.61 Å². The number of hydrogen-bond acceptors (Lipinski definition) is 4. The minimum Gasteiger partial charge on any atom is -0.442 e. The Morgan fingerprint density at radius 1 is 1.60 bits per heavy atom. The lowest BCUT2D eigenvalue weighted by Gasteiger charge is -2.27. The number of carbonyl (C=O) groups excluding carboxylic acids is 1. The van der Waals surface area contributed by atoms with Gasteiger partial charge in [0.05, 0.1) is 12.6 Å². The Kier molecular flexibility index (Phi) is 5.32. The molecule has 0 radical (unpaired) electrons. The van der Waals surface area contributed by atoms with E-state index in [1.54, 1.807) is 20.8 Å². The molecule has 5 nitrogen and oxygen atoms in total. The van der Waals surface area contributed by atoms with Crippen molar-refractivity contribution in [1.82, 2.24) is 5.06 Å². The van der Waals surface area contributed by atoms with Crippen LogP contribution in [-0.4, -0.2) is 39.7 Å². The second-order valence-electron chi connectivity index (χ2n) is 4.19. The Morgan fingerprint density at radius 3 is 2.47 bits per heavy atom. The number of nitrogens with zero attached hydrogens (tertiary/aromatic N) is 1. The van der Waals surface area contributed by atoms with Crippen molar-refractivity contribution in [2.75, 3.05) is 6.61 Å². The molecule has 88 valence electrons. The van der Waals surface area contributed by atoms with Crippen molar-refractivity contribution in [2.45, 2.75) is 38.8 Å². The quantitative estimate of drug-likeness (QED) is 0.426. The van der Waals surface area contributed by atoms with Crippen molar-refractivity contribution in [1.29, 1.82) is 0 Å². The Hall–Kier alpha value is -1.07. The van der Waals surface area contributed by atoms with E-state index < -0.39 is 17.7 Å². The second-order valence-corrected chi connectivity index (χ2v) is 4.19. The third-order valence-corrected chi connectivity index (χ3v) is 1.58. The molecule has 1 atom stereocenters. The third kappa shape index (κ3) is 5.39. The van der Waals surface area contributed by atoms with E-state index in [0.717, 1.165) is 0 Å². The smallest absolute Gasteiger partial charge is 0.434 e. The number of aliphatic hydroxyl groups excluding tert-OH is 1. The zero-order chi connectivity index (χ0) is 12.1. The first-order chi connectivity index (χ1) is 6.81. The van der Waals surface area contributed by atoms with Gasteiger partial charge in [-0.3, -0.25) is 5.21 Å². The molecule has 0 rings (SSSR count). The highest BCUT2D eigenvalue weighted by Gasteiger charge is 2.25. The highest BCUT2D eigenvalue weighted by molar-refractivity contribution is 5.67. The number of amides is 1. The molecular formula is C10H19NO4. The van der Waals surface area contributed by atoms with Gasteiger partial charge in [0.15, 0.2) is 0 Å². The average molecular weight is 217 g/mol. The zero-order valence-corrected chi connectivity index (χ0v) is 9.43. The maximum absolute atomic E-state index is 11.3. The molecule has 0 aliphatic heterocycles. The van der Waals surface area contributed by atoms with Crippen molar-refractivity contribution in [3.63, 3.8) is 0 Å². The van der Waals surface area contributed by atoms with Crippen LogP contribution in [0, 0.1) is 0 Å². The van der Waals surface area contributed by atoms with Crippen LogP contribution in [0.4, 0.5) is 4.79 Å². The first kappa shape index (κ1) is 13.9. The Labute approximate surface area is 89.9 Å². The third-order valence-electron chi connectivity index (χ3n) is 1.58. The van der Waals surface area contributed by atoms with E-state index in [0.29, 0.717) is 11.5 Å². The number of hydroxylamine groups is 2. The molecule has 0 aromatic carbocycles. The molecule has 2 N–H and O–H groups in total. The molecule has 0 aromatic rings. The van der Waals surface area contributed by atoms with Gasteiger partial charge in [-0.1, -0.05) is 6.08 Å². The molecule has 0 fully saturated rings. The summed E-state index contributed by atoms with van der Waals surface area (Å²) in [5.74, 6) is 0. The van der Waals surface area contributed by atoms with Crippen LogP contribution in [-0.2, 0) is 4.74 Å². The standard InChI is InChI=1S/C10H19NO4/c1-5-6-8(7-12)11(14)9(13)15-10(2,3)4/h5,8,12,14H,1,6-7H2,2-4H3/t8-/m1/s1. The summed E-state index contributed by atoms with van der Waals surface area (Å²) in [6.45, 7) is 8.20. The van der Waals surface area contributed by atoms with Gasteiger partial charge in [-0.05, 0) is 27.2 Å². The summed E-state index contributed by atoms with van der Waals surface area (Å²) in [6.07, 6.45) is 0.934. The maximum Gasteiger partial charge on any atom is 0.434 e. The monoisotopic (exact) mass is 217 g/mol. The summed E-state index contributed by atoms with van der Waals surface area (Å²) < 4.78 is 4.92. The fourth-order valence-electron chi connectivity index (χ4n) is 0.902. The van der Waals surface area contributed by atoms with Crippen molar-refractivity contribution in [2.24, 2.45) is 0 Å². The van der Waals surface area contributed by atoms with Crippen LogP contribution in [0.15, 0.2) is 12.7 Å². The fourth-order valence-corrected chi connectivity index (χ4v) is 0.902. The van der Waals surface area contributed by atoms with E-state index in [1.165, 1.54) is 6.08 Å². The minimum absolute atomic E-state index is 0.298. The summed E-state index contributed by atoms with van der Waals surface area (Å²) in [4.78, 5) is 11.3. The lowest BCUT2D eigenvalue weighted by molar-refractivity contribution is -0.127. The summed E-state index contributed by atoms with van der Waals surface area (Å²) in [6, 6.07) is -0.711. The van der Waals surface area contributed by atoms with Gasteiger partial charge in [0.2, 0.25) is 0 Å². The number of ether oxygens (including phenoxy) is 1. The van der Waals surface area contributed by atoms with Gasteiger partial charge in [0.25, 0.3) is 0 Å². The average Bonchev–Trinajstić information content (AvgIpc) is 2.10. The molecule has 0 aromatic heterocycles. The summed E-state index contributed by atoms with van der Waals surface area (Å²) in [7, 11) is 0. The van der Waals surface area contributed by atoms with Crippen molar-refractivity contribution >= 4 is 6.09 Å². The van der Waals surface area contributed by atoms with Gasteiger partial charge in [-0.25, -0.2) is 4.79 Å². The first-order valence-corrected chi connectivity index (χ1v) is 4.74. The summed E-state index contributed by atoms with van der Waals surface area (Å²) in [5, 5.41) is 18.7. The molecule has 5 heteroatoms. The van der Waals surface area contributed by atoms with Gasteiger partial charge in [0, 0.05) is 0 Å². The Morgan fingerprint density at radius 2 is 2.13 bits per heavy atom. The van der Waals surface area contributed by atoms with Crippen LogP contribution in [0.1, 0.15) is 27.2 Å². The molecule has 15 heavy (non-hydrogen) atoms. The lowest BCUT2D eigenvalue weighted by Crippen LogP contribution is -2.42. The van der Waals surface area contributed by atoms with Crippen LogP contribution >= 0.6 is 0 Å². The topological polar surface area (TPSA) is 70.0 Å². The van der Waals surface area contributed by atoms with Crippen LogP contribution in [0.3, 0.4) is 0 Å². The highest BCUT2D eigenvalue weighted by Crippen LogP contribution is 2.11. The summed E-state index contributed by atoms with van der Waals surface area (Å²) >= 11 is 0. The number of carbonyl (C=O) groups is 1. The lowest BCUT2D eigenvalue weighted by atomic mass is 10.2. The second kappa shape index (κ2) is 5.72. The fraction of sp³-hybridized carbons (Fsp3) is 0.700. The van der Waals surface area contributed by atoms with Crippen molar-refractivity contribution < 1.29 is 19.8 Å². The van der Waals surface area contributed by atoms with Gasteiger partial charge in [-0.2, -0.15) is 5.06 Å². The van der Waals surface area contributed by atoms with E-state index in [4.69, 9.17) is 9.84 Å². The summed E-state index contributed by atoms with van der Waals surface area (Å²) in [5.41, 5.74) is -0.674. The predicted molar refractivity (Wildman–Crippen MR) is 55.5 cm³/mol. The molecule has 0 aliphatic rings. The molecule has 0 heterocycles. The molecular weight excluding hydrogens is 198 g/mol. The molecule has 0 saturated heterocycles. The molecule has 1 amide bonds. The highest BCUT2D eigenvalue weighted by atomic mass is 16.6. The van der Waals surface area contributed by atoms with Crippen LogP contribution < -0.4 is 0 Å². The number of hydrogen-bond donors (Lipinski definition) is 2. The van der Waals surface area contributed by atoms with E-state index in [2.05, 4.69) is 6.58 Å². The number of rotatable bonds is 4. The normalized spacial score (nSPS) is 13.1. The van der Waals surface area contributed by atoms with Gasteiger partial charge in [-0.15, -0.1) is 6.58 Å². The van der Waals surface area contributed by atoms with Crippen molar-refractivity contribution in [3.8, 4) is 0 Å². The predicted octanol–water partition coefficient (Wildman–Crippen LogP) is 1.55. The van der Waals surface area contributed by atoms with Crippen LogP contribution in [0.25, 0.3) is 0 Å². The zero-order valence-electron chi connectivity index (χ0n) is 9.43. The van der Waals surface area contributed by atoms with Crippen LogP contribution in [0.5, 0.6) is 0 Å². The van der Waals surface area contributed by atoms with Gasteiger partial charge < -0.3 is 9.84 Å². The largest absolute Gasteiger partial charge is 0.442 e. The van der Waals surface area contributed by atoms with E-state index in [1.807, 2.05) is 0 Å². The Balaban J connectivity index is 4.34. The van der Waals surface area contributed by atoms with E-state index >= 15 is 0 Å². The van der Waals surface area contributed by atoms with Crippen molar-refractivity contribution in [3.05, 3.63) is 12.7 Å². The molecule has 0 unspecified atom stereocenters. The molecule has 0 spiro atoms. The minimum atomic E-state index is -0.872.